The van der Waals surface area contributed by atoms with Crippen LogP contribution >= 0.6 is 11.6 Å². The molecular formula is C24H28ClN5O5S. The number of sulfone groups is 1. The van der Waals surface area contributed by atoms with Crippen LogP contribution in [-0.2, 0) is 24.2 Å². The number of nitrogens with one attached hydrogen (secondary N) is 1. The lowest BCUT2D eigenvalue weighted by molar-refractivity contribution is -0.133. The van der Waals surface area contributed by atoms with Crippen LogP contribution in [0.1, 0.15) is 18.4 Å². The minimum absolute atomic E-state index is 0.0392. The third kappa shape index (κ3) is 6.94. The molecule has 1 aromatic carbocycles. The van der Waals surface area contributed by atoms with Crippen LogP contribution in [0.25, 0.3) is 11.3 Å². The predicted octanol–water partition coefficient (Wildman–Crippen LogP) is 1.87. The fourth-order valence-corrected chi connectivity index (χ4v) is 4.81. The lowest BCUT2D eigenvalue weighted by Crippen LogP contribution is -2.49. The SMILES string of the molecule is COCCNC(=O)CCC(=O)N1CCN(c2nc(-c3ccc(Cl)cc3)c(S(C)(=O)=O)cc2C#N)CC1. The minimum Gasteiger partial charge on any atom is -0.383 e. The third-order valence-corrected chi connectivity index (χ3v) is 7.09. The average Bonchev–Trinajstić information content (AvgIpc) is 2.86. The molecule has 3 rings (SSSR count). The second-order valence-electron chi connectivity index (χ2n) is 8.31. The summed E-state index contributed by atoms with van der Waals surface area (Å²) in [4.78, 5) is 32.5. The van der Waals surface area contributed by atoms with E-state index in [1.807, 2.05) is 4.90 Å². The molecule has 1 fully saturated rings. The van der Waals surface area contributed by atoms with Gasteiger partial charge in [0.25, 0.3) is 0 Å². The Balaban J connectivity index is 1.75. The van der Waals surface area contributed by atoms with Crippen LogP contribution in [0.15, 0.2) is 35.2 Å². The summed E-state index contributed by atoms with van der Waals surface area (Å²) in [6.45, 7) is 2.40. The van der Waals surface area contributed by atoms with Crippen LogP contribution in [0.2, 0.25) is 5.02 Å². The van der Waals surface area contributed by atoms with Crippen LogP contribution in [0, 0.1) is 11.3 Å². The number of anilines is 1. The molecule has 0 unspecified atom stereocenters. The van der Waals surface area contributed by atoms with Crippen molar-refractivity contribution in [3.63, 3.8) is 0 Å². The number of rotatable bonds is 9. The van der Waals surface area contributed by atoms with Crippen molar-refractivity contribution >= 4 is 39.1 Å². The number of nitriles is 1. The molecule has 0 saturated carbocycles. The van der Waals surface area contributed by atoms with Gasteiger partial charge in [0.05, 0.1) is 22.8 Å². The largest absolute Gasteiger partial charge is 0.383 e. The normalized spacial score (nSPS) is 13.8. The summed E-state index contributed by atoms with van der Waals surface area (Å²) in [7, 11) is -2.13. The molecule has 0 aliphatic carbocycles. The topological polar surface area (TPSA) is 133 Å². The second kappa shape index (κ2) is 12.2. The number of amides is 2. The fourth-order valence-electron chi connectivity index (χ4n) is 3.83. The number of benzene rings is 1. The number of methoxy groups -OCH3 is 1. The van der Waals surface area contributed by atoms with Crippen LogP contribution in [0.3, 0.4) is 0 Å². The lowest BCUT2D eigenvalue weighted by Gasteiger charge is -2.36. The van der Waals surface area contributed by atoms with Gasteiger partial charge in [-0.25, -0.2) is 13.4 Å². The summed E-state index contributed by atoms with van der Waals surface area (Å²) in [5, 5.41) is 12.9. The lowest BCUT2D eigenvalue weighted by atomic mass is 10.1. The van der Waals surface area contributed by atoms with Crippen LogP contribution in [-0.4, -0.2) is 82.8 Å². The number of piperazine rings is 1. The monoisotopic (exact) mass is 533 g/mol. The Morgan fingerprint density at radius 2 is 1.83 bits per heavy atom. The average molecular weight is 534 g/mol. The summed E-state index contributed by atoms with van der Waals surface area (Å²) >= 11 is 5.99. The van der Waals surface area contributed by atoms with Gasteiger partial charge >= 0.3 is 0 Å². The first-order valence-electron chi connectivity index (χ1n) is 11.3. The highest BCUT2D eigenvalue weighted by atomic mass is 35.5. The van der Waals surface area contributed by atoms with Gasteiger partial charge in [0, 0.05) is 69.5 Å². The van der Waals surface area contributed by atoms with Crippen LogP contribution < -0.4 is 10.2 Å². The molecule has 1 N–H and O–H groups in total. The molecular weight excluding hydrogens is 506 g/mol. The third-order valence-electron chi connectivity index (χ3n) is 5.73. The number of hydrogen-bond acceptors (Lipinski definition) is 8. The Morgan fingerprint density at radius 1 is 1.17 bits per heavy atom. The first kappa shape index (κ1) is 27.4. The second-order valence-corrected chi connectivity index (χ2v) is 10.7. The molecule has 1 aliphatic heterocycles. The Hall–Kier alpha value is -3.20. The number of ether oxygens (including phenoxy) is 1. The van der Waals surface area contributed by atoms with E-state index >= 15 is 0 Å². The van der Waals surface area contributed by atoms with Crippen molar-refractivity contribution in [3.8, 4) is 17.3 Å². The summed E-state index contributed by atoms with van der Waals surface area (Å²) in [5.74, 6) is 0.0290. The quantitative estimate of drug-likeness (QED) is 0.483. The van der Waals surface area contributed by atoms with Crippen molar-refractivity contribution in [3.05, 3.63) is 40.9 Å². The van der Waals surface area contributed by atoms with Gasteiger partial charge in [0.1, 0.15) is 11.9 Å². The van der Waals surface area contributed by atoms with E-state index < -0.39 is 9.84 Å². The molecule has 0 spiro atoms. The van der Waals surface area contributed by atoms with Crippen LogP contribution in [0.5, 0.6) is 0 Å². The number of halogens is 1. The maximum Gasteiger partial charge on any atom is 0.223 e. The van der Waals surface area contributed by atoms with Crippen molar-refractivity contribution in [1.29, 1.82) is 5.26 Å². The molecule has 36 heavy (non-hydrogen) atoms. The van der Waals surface area contributed by atoms with Crippen molar-refractivity contribution in [2.24, 2.45) is 0 Å². The molecule has 0 radical (unpaired) electrons. The molecule has 0 bridgehead atoms. The number of carbonyl (C=O) groups is 2. The van der Waals surface area contributed by atoms with E-state index in [1.54, 1.807) is 36.3 Å². The van der Waals surface area contributed by atoms with Gasteiger partial charge in [-0.3, -0.25) is 9.59 Å². The molecule has 2 aromatic rings. The first-order chi connectivity index (χ1) is 17.1. The Bertz CT molecular complexity index is 1250. The maximum absolute atomic E-state index is 12.6. The number of hydrogen-bond donors (Lipinski definition) is 1. The zero-order chi connectivity index (χ0) is 26.3. The van der Waals surface area contributed by atoms with Crippen molar-refractivity contribution in [1.82, 2.24) is 15.2 Å². The summed E-state index contributed by atoms with van der Waals surface area (Å²) in [6.07, 6.45) is 1.27. The molecule has 1 saturated heterocycles. The molecule has 192 valence electrons. The number of nitrogens with zero attached hydrogens (tertiary/aromatic N) is 4. The number of carbonyl (C=O) groups excluding carboxylic acids is 2. The Labute approximate surface area is 215 Å². The maximum atomic E-state index is 12.6. The van der Waals surface area contributed by atoms with Crippen LogP contribution in [0.4, 0.5) is 5.82 Å². The van der Waals surface area contributed by atoms with Gasteiger partial charge in [0.2, 0.25) is 11.8 Å². The van der Waals surface area contributed by atoms with Crippen molar-refractivity contribution in [2.45, 2.75) is 17.7 Å². The molecule has 0 atom stereocenters. The standard InChI is InChI=1S/C24H28ClN5O5S/c1-35-14-9-27-21(31)7-8-22(32)29-10-12-30(13-11-29)24-18(16-26)15-20(36(2,33)34)23(28-24)17-3-5-19(25)6-4-17/h3-6,15H,7-14H2,1-2H3,(H,27,31). The molecule has 12 heteroatoms. The molecule has 10 nitrogen and oxygen atoms in total. The van der Waals surface area contributed by atoms with Gasteiger partial charge in [0.15, 0.2) is 9.84 Å². The Morgan fingerprint density at radius 3 is 2.42 bits per heavy atom. The summed E-state index contributed by atoms with van der Waals surface area (Å²) < 4.78 is 29.8. The minimum atomic E-state index is -3.67. The van der Waals surface area contributed by atoms with Gasteiger partial charge in [-0.1, -0.05) is 23.7 Å². The molecule has 2 amide bonds. The van der Waals surface area contributed by atoms with E-state index in [2.05, 4.69) is 16.4 Å². The predicted molar refractivity (Wildman–Crippen MR) is 135 cm³/mol. The fraction of sp³-hybridized carbons (Fsp3) is 0.417. The smallest absolute Gasteiger partial charge is 0.223 e. The van der Waals surface area contributed by atoms with E-state index in [0.29, 0.717) is 55.7 Å². The summed E-state index contributed by atoms with van der Waals surface area (Å²) in [6, 6.07) is 10.0. The number of aromatic nitrogens is 1. The van der Waals surface area contributed by atoms with Gasteiger partial charge < -0.3 is 19.9 Å². The molecule has 2 heterocycles. The van der Waals surface area contributed by atoms with Gasteiger partial charge in [-0.2, -0.15) is 5.26 Å². The summed E-state index contributed by atoms with van der Waals surface area (Å²) in [5.41, 5.74) is 0.935. The van der Waals surface area contributed by atoms with E-state index in [9.17, 15) is 23.3 Å². The van der Waals surface area contributed by atoms with E-state index in [4.69, 9.17) is 16.3 Å². The Kier molecular flexibility index (Phi) is 9.25. The van der Waals surface area contributed by atoms with E-state index in [0.717, 1.165) is 6.26 Å². The molecule has 1 aliphatic rings. The van der Waals surface area contributed by atoms with Crippen molar-refractivity contribution in [2.75, 3.05) is 57.6 Å². The highest BCUT2D eigenvalue weighted by Gasteiger charge is 2.27. The van der Waals surface area contributed by atoms with Gasteiger partial charge in [-0.15, -0.1) is 0 Å². The highest BCUT2D eigenvalue weighted by molar-refractivity contribution is 7.90. The van der Waals surface area contributed by atoms with Gasteiger partial charge in [-0.05, 0) is 18.2 Å². The number of pyridine rings is 1. The van der Waals surface area contributed by atoms with E-state index in [-0.39, 0.29) is 40.8 Å². The van der Waals surface area contributed by atoms with E-state index in [1.165, 1.54) is 6.07 Å². The zero-order valence-corrected chi connectivity index (χ0v) is 21.7. The highest BCUT2D eigenvalue weighted by Crippen LogP contribution is 2.32. The molecule has 1 aromatic heterocycles. The first-order valence-corrected chi connectivity index (χ1v) is 13.6. The van der Waals surface area contributed by atoms with Crippen molar-refractivity contribution < 1.29 is 22.7 Å². The zero-order valence-electron chi connectivity index (χ0n) is 20.2.